The van der Waals surface area contributed by atoms with E-state index in [0.717, 1.165) is 0 Å². The number of hydrogen-bond donors (Lipinski definition) is 0. The lowest BCUT2D eigenvalue weighted by atomic mass is 10.1. The van der Waals surface area contributed by atoms with Crippen molar-refractivity contribution >= 4 is 23.9 Å². The molecule has 12 nitrogen and oxygen atoms in total. The van der Waals surface area contributed by atoms with Crippen molar-refractivity contribution < 1.29 is 47.4 Å². The van der Waals surface area contributed by atoms with Crippen LogP contribution in [0.1, 0.15) is 60.6 Å². The number of nitrogens with zero attached hydrogens (tertiary/aromatic N) is 2. The highest BCUT2D eigenvalue weighted by Crippen LogP contribution is 2.38. The minimum atomic E-state index is -1.35. The monoisotopic (exact) mass is 586 g/mol. The summed E-state index contributed by atoms with van der Waals surface area (Å²) in [5.41, 5.74) is 0.727. The zero-order chi connectivity index (χ0) is 30.2. The van der Waals surface area contributed by atoms with Crippen molar-refractivity contribution in [2.75, 3.05) is 13.2 Å². The second kappa shape index (κ2) is 13.5. The molecule has 0 saturated carbocycles. The van der Waals surface area contributed by atoms with Crippen LogP contribution in [0, 0.1) is 0 Å². The van der Waals surface area contributed by atoms with Gasteiger partial charge < -0.3 is 28.2 Å². The molecule has 43 heavy (non-hydrogen) atoms. The fourth-order valence-electron chi connectivity index (χ4n) is 4.31. The summed E-state index contributed by atoms with van der Waals surface area (Å²) in [5.74, 6) is -3.62. The smallest absolute Gasteiger partial charge is 0.379 e. The van der Waals surface area contributed by atoms with E-state index >= 15 is 0 Å². The predicted octanol–water partition coefficient (Wildman–Crippen LogP) is 3.99. The summed E-state index contributed by atoms with van der Waals surface area (Å²) in [7, 11) is 0. The normalized spacial score (nSPS) is 19.3. The van der Waals surface area contributed by atoms with Gasteiger partial charge in [0.05, 0.1) is 23.3 Å². The highest BCUT2D eigenvalue weighted by molar-refractivity contribution is 5.91. The SMILES string of the molecule is CCOC(=O)c1noc([C@@H]2O[C@H](COC(=O)c3ccccc3)[C@@H](OC(=O)c3ccccc3)[C@H]2OC(=O)c2ccccc2)n1. The summed E-state index contributed by atoms with van der Waals surface area (Å²) in [4.78, 5) is 55.4. The molecule has 1 aliphatic rings. The number of ether oxygens (including phenoxy) is 5. The molecule has 220 valence electrons. The van der Waals surface area contributed by atoms with Gasteiger partial charge >= 0.3 is 23.9 Å². The Bertz CT molecular complexity index is 1560. The molecule has 5 rings (SSSR count). The van der Waals surface area contributed by atoms with Crippen LogP contribution in [0.4, 0.5) is 0 Å². The van der Waals surface area contributed by atoms with Crippen molar-refractivity contribution in [2.45, 2.75) is 31.3 Å². The van der Waals surface area contributed by atoms with E-state index in [1.807, 2.05) is 0 Å². The Labute approximate surface area is 245 Å². The van der Waals surface area contributed by atoms with Crippen molar-refractivity contribution in [3.63, 3.8) is 0 Å². The molecule has 0 amide bonds. The van der Waals surface area contributed by atoms with E-state index in [4.69, 9.17) is 28.2 Å². The van der Waals surface area contributed by atoms with Crippen LogP contribution >= 0.6 is 0 Å². The third kappa shape index (κ3) is 6.93. The Morgan fingerprint density at radius 2 is 1.19 bits per heavy atom. The van der Waals surface area contributed by atoms with Crippen molar-refractivity contribution in [1.29, 1.82) is 0 Å². The van der Waals surface area contributed by atoms with E-state index in [9.17, 15) is 19.2 Å². The second-order valence-corrected chi connectivity index (χ2v) is 9.21. The van der Waals surface area contributed by atoms with Gasteiger partial charge in [0.2, 0.25) is 0 Å². The molecule has 1 fully saturated rings. The van der Waals surface area contributed by atoms with Crippen molar-refractivity contribution in [1.82, 2.24) is 10.1 Å². The molecule has 0 bridgehead atoms. The van der Waals surface area contributed by atoms with Gasteiger partial charge in [-0.2, -0.15) is 4.98 Å². The molecular weight excluding hydrogens is 560 g/mol. The minimum Gasteiger partial charge on any atom is -0.460 e. The molecule has 0 spiro atoms. The number of esters is 4. The number of aromatic nitrogens is 2. The summed E-state index contributed by atoms with van der Waals surface area (Å²) in [6.07, 6.45) is -5.10. The molecule has 1 aliphatic heterocycles. The molecule has 3 aromatic carbocycles. The zero-order valence-corrected chi connectivity index (χ0v) is 22.9. The van der Waals surface area contributed by atoms with Crippen LogP contribution in [-0.2, 0) is 23.7 Å². The zero-order valence-electron chi connectivity index (χ0n) is 22.9. The fourth-order valence-corrected chi connectivity index (χ4v) is 4.31. The van der Waals surface area contributed by atoms with Gasteiger partial charge in [0, 0.05) is 0 Å². The topological polar surface area (TPSA) is 153 Å². The van der Waals surface area contributed by atoms with Crippen molar-refractivity contribution in [3.05, 3.63) is 119 Å². The average Bonchev–Trinajstić information content (AvgIpc) is 3.66. The molecule has 0 N–H and O–H groups in total. The maximum atomic E-state index is 13.2. The fraction of sp³-hybridized carbons (Fsp3) is 0.226. The molecule has 0 radical (unpaired) electrons. The van der Waals surface area contributed by atoms with Crippen LogP contribution in [0.2, 0.25) is 0 Å². The summed E-state index contributed by atoms with van der Waals surface area (Å²) in [6, 6.07) is 24.5. The van der Waals surface area contributed by atoms with E-state index in [1.165, 1.54) is 0 Å². The minimum absolute atomic E-state index is 0.0757. The largest absolute Gasteiger partial charge is 0.460 e. The Morgan fingerprint density at radius 3 is 1.72 bits per heavy atom. The quantitative estimate of drug-likeness (QED) is 0.195. The van der Waals surface area contributed by atoms with Crippen molar-refractivity contribution in [3.8, 4) is 0 Å². The molecular formula is C31H26N2O10. The first kappa shape index (κ1) is 29.1. The van der Waals surface area contributed by atoms with Gasteiger partial charge in [-0.05, 0) is 48.5 Å². The Balaban J connectivity index is 1.47. The van der Waals surface area contributed by atoms with Crippen LogP contribution in [0.5, 0.6) is 0 Å². The molecule has 0 aliphatic carbocycles. The lowest BCUT2D eigenvalue weighted by Crippen LogP contribution is -2.40. The molecule has 0 unspecified atom stereocenters. The third-order valence-electron chi connectivity index (χ3n) is 6.35. The predicted molar refractivity (Wildman–Crippen MR) is 146 cm³/mol. The summed E-state index contributed by atoms with van der Waals surface area (Å²) in [5, 5.41) is 3.65. The lowest BCUT2D eigenvalue weighted by molar-refractivity contribution is -0.0474. The third-order valence-corrected chi connectivity index (χ3v) is 6.35. The van der Waals surface area contributed by atoms with Gasteiger partial charge in [-0.3, -0.25) is 0 Å². The number of carbonyl (C=O) groups is 4. The maximum absolute atomic E-state index is 13.2. The highest BCUT2D eigenvalue weighted by Gasteiger charge is 2.53. The van der Waals surface area contributed by atoms with Gasteiger partial charge in [0.15, 0.2) is 18.3 Å². The van der Waals surface area contributed by atoms with E-state index in [2.05, 4.69) is 10.1 Å². The first-order valence-electron chi connectivity index (χ1n) is 13.3. The Hall–Kier alpha value is -5.36. The van der Waals surface area contributed by atoms with Crippen LogP contribution < -0.4 is 0 Å². The average molecular weight is 587 g/mol. The summed E-state index contributed by atoms with van der Waals surface area (Å²) >= 11 is 0. The first-order valence-corrected chi connectivity index (χ1v) is 13.3. The Kier molecular flexibility index (Phi) is 9.17. The summed E-state index contributed by atoms with van der Waals surface area (Å²) in [6.45, 7) is 1.30. The maximum Gasteiger partial charge on any atom is 0.379 e. The van der Waals surface area contributed by atoms with E-state index in [1.54, 1.807) is 97.9 Å². The molecule has 2 heterocycles. The van der Waals surface area contributed by atoms with Crippen LogP contribution in [-0.4, -0.2) is 65.5 Å². The van der Waals surface area contributed by atoms with Gasteiger partial charge in [0.1, 0.15) is 12.7 Å². The van der Waals surface area contributed by atoms with Gasteiger partial charge in [-0.25, -0.2) is 19.2 Å². The standard InChI is InChI=1S/C31H26N2O10/c1-2-38-31(37)26-32-27(43-33-26)25-24(42-30(36)21-16-10-5-11-17-21)23(41-29(35)20-14-8-4-9-15-20)22(40-25)18-39-28(34)19-12-6-3-7-13-19/h3-17,22-25H,2,18H2,1H3/t22-,23-,24-,25-/m1/s1. The van der Waals surface area contributed by atoms with Gasteiger partial charge in [-0.15, -0.1) is 0 Å². The lowest BCUT2D eigenvalue weighted by Gasteiger charge is -2.24. The molecule has 1 saturated heterocycles. The second-order valence-electron chi connectivity index (χ2n) is 9.21. The molecule has 1 aromatic heterocycles. The number of rotatable bonds is 10. The highest BCUT2D eigenvalue weighted by atomic mass is 16.7. The molecule has 4 aromatic rings. The van der Waals surface area contributed by atoms with Crippen LogP contribution in [0.15, 0.2) is 95.5 Å². The van der Waals surface area contributed by atoms with Gasteiger partial charge in [0.25, 0.3) is 11.7 Å². The van der Waals surface area contributed by atoms with Crippen LogP contribution in [0.25, 0.3) is 0 Å². The summed E-state index contributed by atoms with van der Waals surface area (Å²) < 4.78 is 33.5. The van der Waals surface area contributed by atoms with Crippen LogP contribution in [0.3, 0.4) is 0 Å². The van der Waals surface area contributed by atoms with Gasteiger partial charge in [-0.1, -0.05) is 54.6 Å². The number of carbonyl (C=O) groups excluding carboxylic acids is 4. The number of hydrogen-bond acceptors (Lipinski definition) is 12. The van der Waals surface area contributed by atoms with Crippen molar-refractivity contribution in [2.24, 2.45) is 0 Å². The first-order chi connectivity index (χ1) is 20.9. The Morgan fingerprint density at radius 1 is 0.674 bits per heavy atom. The van der Waals surface area contributed by atoms with E-state index in [-0.39, 0.29) is 35.0 Å². The van der Waals surface area contributed by atoms with E-state index in [0.29, 0.717) is 0 Å². The molecule has 4 atom stereocenters. The molecule has 12 heteroatoms. The number of benzene rings is 3. The van der Waals surface area contributed by atoms with E-state index < -0.39 is 54.9 Å².